The third-order valence-electron chi connectivity index (χ3n) is 4.82. The number of carbonyl (C=O) groups is 1. The molecule has 0 aliphatic carbocycles. The van der Waals surface area contributed by atoms with E-state index >= 15 is 0 Å². The maximum Gasteiger partial charge on any atom is 0.220 e. The first-order chi connectivity index (χ1) is 12.7. The molecule has 1 aliphatic heterocycles. The fraction of sp³-hybridized carbons (Fsp3) is 0.474. The Morgan fingerprint density at radius 2 is 2.07 bits per heavy atom. The predicted molar refractivity (Wildman–Crippen MR) is 99.8 cm³/mol. The summed E-state index contributed by atoms with van der Waals surface area (Å²) in [6.07, 6.45) is 1.22. The van der Waals surface area contributed by atoms with Gasteiger partial charge in [0.2, 0.25) is 5.88 Å². The molecule has 0 saturated carbocycles. The van der Waals surface area contributed by atoms with Crippen molar-refractivity contribution >= 4 is 15.6 Å². The number of aromatic hydroxyl groups is 1. The largest absolute Gasteiger partial charge is 0.493 e. The van der Waals surface area contributed by atoms with Gasteiger partial charge in [-0.1, -0.05) is 0 Å². The minimum absolute atomic E-state index is 0.0220. The van der Waals surface area contributed by atoms with E-state index in [1.54, 1.807) is 6.92 Å². The van der Waals surface area contributed by atoms with Gasteiger partial charge >= 0.3 is 0 Å². The second-order valence-electron chi connectivity index (χ2n) is 6.96. The van der Waals surface area contributed by atoms with E-state index in [0.29, 0.717) is 29.7 Å². The molecule has 1 atom stereocenters. The molecule has 1 aromatic carbocycles. The van der Waals surface area contributed by atoms with Gasteiger partial charge in [0.1, 0.15) is 5.56 Å². The summed E-state index contributed by atoms with van der Waals surface area (Å²) >= 11 is 0. The van der Waals surface area contributed by atoms with Crippen molar-refractivity contribution in [2.75, 3.05) is 5.75 Å². The van der Waals surface area contributed by atoms with Crippen LogP contribution in [-0.2, 0) is 21.1 Å². The van der Waals surface area contributed by atoms with E-state index in [1.165, 1.54) is 23.0 Å². The van der Waals surface area contributed by atoms with Crippen molar-refractivity contribution in [1.82, 2.24) is 9.78 Å². The predicted octanol–water partition coefficient (Wildman–Crippen LogP) is 2.79. The molecule has 0 saturated heterocycles. The Kier molecular flexibility index (Phi) is 5.14. The first-order valence-corrected chi connectivity index (χ1v) is 10.6. The third-order valence-corrected chi connectivity index (χ3v) is 6.62. The minimum Gasteiger partial charge on any atom is -0.493 e. The van der Waals surface area contributed by atoms with Gasteiger partial charge in [-0.3, -0.25) is 4.79 Å². The van der Waals surface area contributed by atoms with Crippen molar-refractivity contribution in [3.63, 3.8) is 0 Å². The van der Waals surface area contributed by atoms with Crippen LogP contribution in [0, 0.1) is 6.92 Å². The number of hydrogen-bond acceptors (Lipinski definition) is 6. The van der Waals surface area contributed by atoms with E-state index in [1.807, 2.05) is 20.8 Å². The van der Waals surface area contributed by atoms with Gasteiger partial charge in [-0.25, -0.2) is 13.1 Å². The Morgan fingerprint density at radius 1 is 1.37 bits per heavy atom. The standard InChI is InChI=1S/C19H24N2O5S/c1-5-21-19(23)14(10-20-21)18(22)13-6-7-16-17(12(13)4)15(26-11(2)3)8-9-27(16,24)25/h6-7,10-11,15,23H,5,8-9H2,1-4H3. The van der Waals surface area contributed by atoms with Crippen molar-refractivity contribution in [2.24, 2.45) is 0 Å². The fourth-order valence-corrected chi connectivity index (χ4v) is 5.16. The Balaban J connectivity index is 2.14. The van der Waals surface area contributed by atoms with Crippen molar-refractivity contribution in [2.45, 2.75) is 57.8 Å². The highest BCUT2D eigenvalue weighted by atomic mass is 32.2. The van der Waals surface area contributed by atoms with E-state index in [2.05, 4.69) is 5.10 Å². The molecule has 0 radical (unpaired) electrons. The second-order valence-corrected chi connectivity index (χ2v) is 9.04. The van der Waals surface area contributed by atoms with E-state index in [4.69, 9.17) is 4.74 Å². The molecule has 0 spiro atoms. The molecule has 2 heterocycles. The zero-order valence-corrected chi connectivity index (χ0v) is 16.7. The summed E-state index contributed by atoms with van der Waals surface area (Å²) in [7, 11) is -3.41. The molecule has 1 aliphatic rings. The molecule has 0 bridgehead atoms. The van der Waals surface area contributed by atoms with Crippen LogP contribution in [0.2, 0.25) is 0 Å². The first kappa shape index (κ1) is 19.6. The van der Waals surface area contributed by atoms with Crippen LogP contribution in [-0.4, -0.2) is 40.9 Å². The number of hydrogen-bond donors (Lipinski definition) is 1. The monoisotopic (exact) mass is 392 g/mol. The number of sulfone groups is 1. The number of nitrogens with zero attached hydrogens (tertiary/aromatic N) is 2. The quantitative estimate of drug-likeness (QED) is 0.786. The topological polar surface area (TPSA) is 98.5 Å². The summed E-state index contributed by atoms with van der Waals surface area (Å²) in [6, 6.07) is 2.98. The average molecular weight is 392 g/mol. The number of aromatic nitrogens is 2. The molecule has 0 amide bonds. The number of carbonyl (C=O) groups excluding carboxylic acids is 1. The van der Waals surface area contributed by atoms with Crippen molar-refractivity contribution < 1.29 is 23.1 Å². The van der Waals surface area contributed by atoms with E-state index < -0.39 is 15.6 Å². The van der Waals surface area contributed by atoms with Gasteiger partial charge in [-0.05, 0) is 51.8 Å². The molecule has 1 N–H and O–H groups in total. The Morgan fingerprint density at radius 3 is 2.67 bits per heavy atom. The molecule has 8 heteroatoms. The number of rotatable bonds is 5. The van der Waals surface area contributed by atoms with Crippen molar-refractivity contribution in [3.05, 3.63) is 40.6 Å². The molecule has 7 nitrogen and oxygen atoms in total. The molecule has 1 aromatic heterocycles. The number of aryl methyl sites for hydroxylation is 1. The van der Waals surface area contributed by atoms with Gasteiger partial charge < -0.3 is 9.84 Å². The summed E-state index contributed by atoms with van der Waals surface area (Å²) < 4.78 is 32.3. The summed E-state index contributed by atoms with van der Waals surface area (Å²) in [5, 5.41) is 14.2. The molecule has 2 aromatic rings. The zero-order chi connectivity index (χ0) is 19.9. The van der Waals surface area contributed by atoms with Crippen LogP contribution in [0.15, 0.2) is 23.2 Å². The molecule has 0 fully saturated rings. The molecule has 1 unspecified atom stereocenters. The van der Waals surface area contributed by atoms with Gasteiger partial charge in [0.25, 0.3) is 0 Å². The normalized spacial score (nSPS) is 18.5. The van der Waals surface area contributed by atoms with Crippen LogP contribution in [0.5, 0.6) is 5.88 Å². The van der Waals surface area contributed by atoms with Crippen LogP contribution in [0.3, 0.4) is 0 Å². The van der Waals surface area contributed by atoms with Crippen LogP contribution in [0.1, 0.15) is 60.3 Å². The average Bonchev–Trinajstić information content (AvgIpc) is 2.97. The van der Waals surface area contributed by atoms with Crippen molar-refractivity contribution in [1.29, 1.82) is 0 Å². The molecule has 3 rings (SSSR count). The fourth-order valence-electron chi connectivity index (χ4n) is 3.52. The van der Waals surface area contributed by atoms with Crippen LogP contribution < -0.4 is 0 Å². The smallest absolute Gasteiger partial charge is 0.220 e. The van der Waals surface area contributed by atoms with Crippen LogP contribution in [0.4, 0.5) is 0 Å². The highest BCUT2D eigenvalue weighted by molar-refractivity contribution is 7.91. The van der Waals surface area contributed by atoms with Crippen LogP contribution in [0.25, 0.3) is 0 Å². The lowest BCUT2D eigenvalue weighted by Crippen LogP contribution is -2.25. The summed E-state index contributed by atoms with van der Waals surface area (Å²) in [5.74, 6) is -0.560. The van der Waals surface area contributed by atoms with Gasteiger partial charge in [0.05, 0.1) is 29.1 Å². The number of ether oxygens (including phenoxy) is 1. The number of benzene rings is 1. The van der Waals surface area contributed by atoms with E-state index in [-0.39, 0.29) is 34.3 Å². The highest BCUT2D eigenvalue weighted by Crippen LogP contribution is 2.39. The summed E-state index contributed by atoms with van der Waals surface area (Å²) in [4.78, 5) is 13.2. The Bertz CT molecular complexity index is 992. The zero-order valence-electron chi connectivity index (χ0n) is 15.9. The molecular formula is C19H24N2O5S. The van der Waals surface area contributed by atoms with Gasteiger partial charge in [-0.2, -0.15) is 5.10 Å². The number of fused-ring (bicyclic) bond motifs is 1. The van der Waals surface area contributed by atoms with Gasteiger partial charge in [0, 0.05) is 17.7 Å². The van der Waals surface area contributed by atoms with Gasteiger partial charge in [-0.15, -0.1) is 0 Å². The molecular weight excluding hydrogens is 368 g/mol. The number of ketones is 1. The molecule has 146 valence electrons. The molecule has 27 heavy (non-hydrogen) atoms. The van der Waals surface area contributed by atoms with Crippen molar-refractivity contribution in [3.8, 4) is 5.88 Å². The van der Waals surface area contributed by atoms with Crippen LogP contribution >= 0.6 is 0 Å². The maximum atomic E-state index is 13.0. The maximum absolute atomic E-state index is 13.0. The third kappa shape index (κ3) is 3.39. The Hall–Kier alpha value is -2.19. The second kappa shape index (κ2) is 7.09. The van der Waals surface area contributed by atoms with E-state index in [9.17, 15) is 18.3 Å². The lowest BCUT2D eigenvalue weighted by Gasteiger charge is -2.29. The summed E-state index contributed by atoms with van der Waals surface area (Å²) in [6.45, 7) is 7.76. The minimum atomic E-state index is -3.41. The first-order valence-electron chi connectivity index (χ1n) is 8.98. The lowest BCUT2D eigenvalue weighted by molar-refractivity contribution is 0.00172. The highest BCUT2D eigenvalue weighted by Gasteiger charge is 2.34. The SMILES string of the molecule is CCn1ncc(C(=O)c2ccc3c(c2C)C(OC(C)C)CCS3(=O)=O)c1O. The lowest BCUT2D eigenvalue weighted by atomic mass is 9.92. The van der Waals surface area contributed by atoms with Gasteiger partial charge in [0.15, 0.2) is 15.6 Å². The summed E-state index contributed by atoms with van der Waals surface area (Å²) in [5.41, 5.74) is 1.55. The Labute approximate surface area is 158 Å². The van der Waals surface area contributed by atoms with E-state index in [0.717, 1.165) is 0 Å².